The van der Waals surface area contributed by atoms with Gasteiger partial charge in [0.05, 0.1) is 12.2 Å². The third-order valence-corrected chi connectivity index (χ3v) is 5.49. The summed E-state index contributed by atoms with van der Waals surface area (Å²) >= 11 is 1.64. The summed E-state index contributed by atoms with van der Waals surface area (Å²) in [5, 5.41) is 3.09. The van der Waals surface area contributed by atoms with Crippen LogP contribution < -0.4 is 0 Å². The van der Waals surface area contributed by atoms with E-state index in [2.05, 4.69) is 9.88 Å². The van der Waals surface area contributed by atoms with Gasteiger partial charge in [-0.25, -0.2) is 9.37 Å². The second kappa shape index (κ2) is 7.81. The molecule has 0 unspecified atom stereocenters. The number of carbonyl (C=O) groups excluding carboxylic acids is 1. The molecule has 25 heavy (non-hydrogen) atoms. The molecule has 2 heterocycles. The second-order valence-corrected chi connectivity index (χ2v) is 7.45. The van der Waals surface area contributed by atoms with E-state index < -0.39 is 0 Å². The molecular formula is C18H21ClFN3OS. The van der Waals surface area contributed by atoms with Crippen LogP contribution in [0.4, 0.5) is 4.39 Å². The van der Waals surface area contributed by atoms with Crippen LogP contribution in [0.3, 0.4) is 0 Å². The SMILES string of the molecule is Cl.O=C(C1CC1)N1CCN(Cc2nc(-c3ccc(F)cc3)cs2)CC1. The van der Waals surface area contributed by atoms with Crippen molar-refractivity contribution in [2.24, 2.45) is 5.92 Å². The predicted octanol–water partition coefficient (Wildman–Crippen LogP) is 3.43. The first-order valence-corrected chi connectivity index (χ1v) is 9.28. The van der Waals surface area contributed by atoms with Gasteiger partial charge in [-0.15, -0.1) is 23.7 Å². The third kappa shape index (κ3) is 4.37. The van der Waals surface area contributed by atoms with Crippen molar-refractivity contribution in [2.45, 2.75) is 19.4 Å². The van der Waals surface area contributed by atoms with Crippen molar-refractivity contribution in [1.29, 1.82) is 0 Å². The number of carbonyl (C=O) groups is 1. The van der Waals surface area contributed by atoms with Crippen molar-refractivity contribution in [2.75, 3.05) is 26.2 Å². The van der Waals surface area contributed by atoms with Crippen molar-refractivity contribution >= 4 is 29.7 Å². The topological polar surface area (TPSA) is 36.4 Å². The van der Waals surface area contributed by atoms with Crippen molar-refractivity contribution in [3.63, 3.8) is 0 Å². The van der Waals surface area contributed by atoms with Crippen LogP contribution in [0.5, 0.6) is 0 Å². The van der Waals surface area contributed by atoms with Crippen LogP contribution in [-0.2, 0) is 11.3 Å². The minimum absolute atomic E-state index is 0. The lowest BCUT2D eigenvalue weighted by atomic mass is 10.2. The Bertz CT molecular complexity index is 724. The molecule has 1 amide bonds. The van der Waals surface area contributed by atoms with Gasteiger partial charge in [0.2, 0.25) is 5.91 Å². The molecule has 4 rings (SSSR count). The van der Waals surface area contributed by atoms with Crippen molar-refractivity contribution in [3.8, 4) is 11.3 Å². The highest BCUT2D eigenvalue weighted by Crippen LogP contribution is 2.31. The van der Waals surface area contributed by atoms with Crippen LogP contribution in [0.15, 0.2) is 29.6 Å². The lowest BCUT2D eigenvalue weighted by Crippen LogP contribution is -2.48. The number of benzene rings is 1. The lowest BCUT2D eigenvalue weighted by molar-refractivity contribution is -0.134. The Morgan fingerprint density at radius 2 is 1.84 bits per heavy atom. The average Bonchev–Trinajstić information content (AvgIpc) is 3.35. The zero-order valence-electron chi connectivity index (χ0n) is 13.9. The number of thiazole rings is 1. The van der Waals surface area contributed by atoms with E-state index in [-0.39, 0.29) is 18.2 Å². The Balaban J connectivity index is 0.00000182. The Morgan fingerprint density at radius 1 is 1.16 bits per heavy atom. The molecule has 1 aromatic heterocycles. The Labute approximate surface area is 157 Å². The predicted molar refractivity (Wildman–Crippen MR) is 99.3 cm³/mol. The molecule has 0 radical (unpaired) electrons. The number of amides is 1. The number of hydrogen-bond donors (Lipinski definition) is 0. The van der Waals surface area contributed by atoms with Crippen LogP contribution in [0, 0.1) is 11.7 Å². The van der Waals surface area contributed by atoms with E-state index in [1.807, 2.05) is 10.3 Å². The van der Waals surface area contributed by atoms with E-state index in [9.17, 15) is 9.18 Å². The first-order valence-electron chi connectivity index (χ1n) is 8.40. The van der Waals surface area contributed by atoms with E-state index in [1.165, 1.54) is 12.1 Å². The van der Waals surface area contributed by atoms with Gasteiger partial charge in [-0.1, -0.05) is 0 Å². The zero-order valence-corrected chi connectivity index (χ0v) is 15.5. The summed E-state index contributed by atoms with van der Waals surface area (Å²) < 4.78 is 13.0. The smallest absolute Gasteiger partial charge is 0.225 e. The van der Waals surface area contributed by atoms with Gasteiger partial charge in [0.1, 0.15) is 10.8 Å². The summed E-state index contributed by atoms with van der Waals surface area (Å²) in [5.74, 6) is 0.434. The largest absolute Gasteiger partial charge is 0.340 e. The van der Waals surface area contributed by atoms with Crippen molar-refractivity contribution in [3.05, 3.63) is 40.5 Å². The van der Waals surface area contributed by atoms with Gasteiger partial charge in [-0.05, 0) is 37.1 Å². The first kappa shape index (κ1) is 18.3. The number of halogens is 2. The zero-order chi connectivity index (χ0) is 16.5. The molecule has 1 aliphatic heterocycles. The fourth-order valence-corrected chi connectivity index (χ4v) is 3.89. The first-order chi connectivity index (χ1) is 11.7. The standard InChI is InChI=1S/C18H20FN3OS.ClH/c19-15-5-3-13(4-6-15)16-12-24-17(20-16)11-21-7-9-22(10-8-21)18(23)14-1-2-14;/h3-6,12,14H,1-2,7-11H2;1H. The molecule has 0 bridgehead atoms. The normalized spacial score (nSPS) is 18.0. The van der Waals surface area contributed by atoms with E-state index >= 15 is 0 Å². The van der Waals surface area contributed by atoms with Crippen LogP contribution in [0.25, 0.3) is 11.3 Å². The monoisotopic (exact) mass is 381 g/mol. The van der Waals surface area contributed by atoms with Gasteiger partial charge in [-0.3, -0.25) is 9.69 Å². The Hall–Kier alpha value is -1.50. The highest BCUT2D eigenvalue weighted by molar-refractivity contribution is 7.09. The van der Waals surface area contributed by atoms with Crippen LogP contribution in [0.2, 0.25) is 0 Å². The second-order valence-electron chi connectivity index (χ2n) is 6.51. The number of rotatable bonds is 4. The summed E-state index contributed by atoms with van der Waals surface area (Å²) in [6, 6.07) is 6.45. The molecule has 1 saturated carbocycles. The van der Waals surface area contributed by atoms with Gasteiger partial charge in [0, 0.05) is 43.0 Å². The van der Waals surface area contributed by atoms with Crippen LogP contribution in [-0.4, -0.2) is 46.9 Å². The van der Waals surface area contributed by atoms with Gasteiger partial charge in [0.15, 0.2) is 0 Å². The van der Waals surface area contributed by atoms with Crippen molar-refractivity contribution in [1.82, 2.24) is 14.8 Å². The maximum absolute atomic E-state index is 13.0. The van der Waals surface area contributed by atoms with Gasteiger partial charge in [-0.2, -0.15) is 0 Å². The highest BCUT2D eigenvalue weighted by Gasteiger charge is 2.34. The fourth-order valence-electron chi connectivity index (χ4n) is 3.04. The number of nitrogens with zero attached hydrogens (tertiary/aromatic N) is 3. The molecule has 1 aromatic carbocycles. The molecule has 4 nitrogen and oxygen atoms in total. The summed E-state index contributed by atoms with van der Waals surface area (Å²) in [6.45, 7) is 4.28. The molecular weight excluding hydrogens is 361 g/mol. The molecule has 0 N–H and O–H groups in total. The summed E-state index contributed by atoms with van der Waals surface area (Å²) in [6.07, 6.45) is 2.15. The molecule has 1 aliphatic carbocycles. The average molecular weight is 382 g/mol. The maximum Gasteiger partial charge on any atom is 0.225 e. The van der Waals surface area contributed by atoms with Crippen LogP contribution in [0.1, 0.15) is 17.8 Å². The Kier molecular flexibility index (Phi) is 5.71. The van der Waals surface area contributed by atoms with E-state index in [4.69, 9.17) is 0 Å². The maximum atomic E-state index is 13.0. The molecule has 7 heteroatoms. The van der Waals surface area contributed by atoms with Gasteiger partial charge < -0.3 is 4.90 Å². The molecule has 0 atom stereocenters. The molecule has 2 fully saturated rings. The van der Waals surface area contributed by atoms with Crippen LogP contribution >= 0.6 is 23.7 Å². The molecule has 134 valence electrons. The number of aromatic nitrogens is 1. The van der Waals surface area contributed by atoms with E-state index in [0.29, 0.717) is 11.8 Å². The fraction of sp³-hybridized carbons (Fsp3) is 0.444. The van der Waals surface area contributed by atoms with Gasteiger partial charge in [0.25, 0.3) is 0 Å². The number of hydrogen-bond acceptors (Lipinski definition) is 4. The summed E-state index contributed by atoms with van der Waals surface area (Å²) in [4.78, 5) is 21.1. The van der Waals surface area contributed by atoms with Crippen molar-refractivity contribution < 1.29 is 9.18 Å². The number of piperazine rings is 1. The quantitative estimate of drug-likeness (QED) is 0.814. The van der Waals surface area contributed by atoms with Gasteiger partial charge >= 0.3 is 0 Å². The molecule has 0 spiro atoms. The molecule has 2 aliphatic rings. The summed E-state index contributed by atoms with van der Waals surface area (Å²) in [7, 11) is 0. The highest BCUT2D eigenvalue weighted by atomic mass is 35.5. The minimum Gasteiger partial charge on any atom is -0.340 e. The third-order valence-electron chi connectivity index (χ3n) is 4.66. The molecule has 1 saturated heterocycles. The van der Waals surface area contributed by atoms with E-state index in [1.54, 1.807) is 23.5 Å². The van der Waals surface area contributed by atoms with E-state index in [0.717, 1.165) is 61.8 Å². The molecule has 2 aromatic rings. The Morgan fingerprint density at radius 3 is 2.48 bits per heavy atom. The minimum atomic E-state index is -0.229. The summed E-state index contributed by atoms with van der Waals surface area (Å²) in [5.41, 5.74) is 1.84. The lowest BCUT2D eigenvalue weighted by Gasteiger charge is -2.34.